The minimum atomic E-state index is 0.130. The average Bonchev–Trinajstić information content (AvgIpc) is 3.21. The van der Waals surface area contributed by atoms with Gasteiger partial charge in [0.1, 0.15) is 10.8 Å². The van der Waals surface area contributed by atoms with Gasteiger partial charge in [0.15, 0.2) is 11.6 Å². The summed E-state index contributed by atoms with van der Waals surface area (Å²) >= 11 is 3.83. The molecule has 30 heavy (non-hydrogen) atoms. The number of rotatable bonds is 3. The fraction of sp³-hybridized carbons (Fsp3) is 0.476. The quantitative estimate of drug-likeness (QED) is 0.580. The normalized spacial score (nSPS) is 22.6. The molecule has 8 nitrogen and oxygen atoms in total. The van der Waals surface area contributed by atoms with Crippen molar-refractivity contribution in [1.82, 2.24) is 19.5 Å². The first kappa shape index (κ1) is 19.7. The van der Waals surface area contributed by atoms with Gasteiger partial charge in [0.25, 0.3) is 0 Å². The maximum Gasteiger partial charge on any atom is 0.239 e. The molecule has 0 bridgehead atoms. The molecule has 2 saturated heterocycles. The van der Waals surface area contributed by atoms with E-state index in [1.165, 1.54) is 0 Å². The van der Waals surface area contributed by atoms with Gasteiger partial charge in [0.2, 0.25) is 5.95 Å². The second-order valence-electron chi connectivity index (χ2n) is 7.70. The average molecular weight is 473 g/mol. The molecule has 2 aliphatic heterocycles. The van der Waals surface area contributed by atoms with Crippen LogP contribution >= 0.6 is 15.9 Å². The Hall–Kier alpha value is -2.23. The number of anilines is 2. The minimum absolute atomic E-state index is 0.130. The third kappa shape index (κ3) is 3.44. The number of hydrogen-bond acceptors (Lipinski definition) is 7. The van der Waals surface area contributed by atoms with E-state index in [2.05, 4.69) is 44.6 Å². The van der Waals surface area contributed by atoms with Gasteiger partial charge in [-0.2, -0.15) is 9.97 Å². The molecule has 9 heteroatoms. The highest BCUT2D eigenvalue weighted by molar-refractivity contribution is 9.10. The van der Waals surface area contributed by atoms with Crippen LogP contribution in [0.4, 0.5) is 11.6 Å². The number of morpholine rings is 2. The highest BCUT2D eigenvalue weighted by atomic mass is 79.9. The van der Waals surface area contributed by atoms with E-state index in [1.54, 1.807) is 6.33 Å². The summed E-state index contributed by atoms with van der Waals surface area (Å²) in [5.41, 5.74) is 1.91. The van der Waals surface area contributed by atoms with Crippen molar-refractivity contribution in [2.45, 2.75) is 26.0 Å². The number of fused-ring (bicyclic) bond motifs is 1. The van der Waals surface area contributed by atoms with Crippen molar-refractivity contribution in [1.29, 1.82) is 0 Å². The van der Waals surface area contributed by atoms with Crippen LogP contribution in [0.1, 0.15) is 13.8 Å². The first-order valence-electron chi connectivity index (χ1n) is 10.3. The van der Waals surface area contributed by atoms with Crippen molar-refractivity contribution in [2.24, 2.45) is 0 Å². The van der Waals surface area contributed by atoms with Crippen molar-refractivity contribution >= 4 is 38.6 Å². The lowest BCUT2D eigenvalue weighted by Gasteiger charge is -2.39. The van der Waals surface area contributed by atoms with Crippen LogP contribution in [0.2, 0.25) is 0 Å². The monoisotopic (exact) mass is 472 g/mol. The molecular formula is C21H25BrN6O2. The third-order valence-electron chi connectivity index (χ3n) is 5.94. The predicted molar refractivity (Wildman–Crippen MR) is 120 cm³/mol. The lowest BCUT2D eigenvalue weighted by atomic mass is 10.1. The highest BCUT2D eigenvalue weighted by Crippen LogP contribution is 2.36. The summed E-state index contributed by atoms with van der Waals surface area (Å²) in [6.07, 6.45) is 1.93. The van der Waals surface area contributed by atoms with E-state index in [0.717, 1.165) is 46.8 Å². The SMILES string of the molecule is C[C@@H]1[C@@H](C)OCCN1c1nc(-n2cnc3ccccc32)nc(N2CCOCC2)c1Br. The molecule has 0 aliphatic carbocycles. The number of aromatic nitrogens is 4. The highest BCUT2D eigenvalue weighted by Gasteiger charge is 2.31. The molecule has 1 aromatic carbocycles. The summed E-state index contributed by atoms with van der Waals surface area (Å²) in [7, 11) is 0. The maximum absolute atomic E-state index is 5.85. The van der Waals surface area contributed by atoms with Gasteiger partial charge >= 0.3 is 0 Å². The molecule has 5 rings (SSSR count). The molecule has 0 saturated carbocycles. The van der Waals surface area contributed by atoms with Crippen molar-refractivity contribution in [2.75, 3.05) is 49.3 Å². The van der Waals surface area contributed by atoms with Crippen LogP contribution in [0.15, 0.2) is 35.1 Å². The van der Waals surface area contributed by atoms with Gasteiger partial charge in [0.05, 0.1) is 43.0 Å². The van der Waals surface area contributed by atoms with Gasteiger partial charge in [0, 0.05) is 19.6 Å². The van der Waals surface area contributed by atoms with Crippen molar-refractivity contribution < 1.29 is 9.47 Å². The van der Waals surface area contributed by atoms with Gasteiger partial charge in [-0.05, 0) is 41.9 Å². The number of nitrogens with zero attached hydrogens (tertiary/aromatic N) is 6. The number of para-hydroxylation sites is 2. The van der Waals surface area contributed by atoms with Crippen molar-refractivity contribution in [3.63, 3.8) is 0 Å². The summed E-state index contributed by atoms with van der Waals surface area (Å²) in [4.78, 5) is 19.1. The van der Waals surface area contributed by atoms with Crippen LogP contribution in [0.25, 0.3) is 17.0 Å². The molecule has 0 amide bonds. The molecular weight excluding hydrogens is 448 g/mol. The Morgan fingerprint density at radius 2 is 1.77 bits per heavy atom. The van der Waals surface area contributed by atoms with Crippen LogP contribution < -0.4 is 9.80 Å². The lowest BCUT2D eigenvalue weighted by Crippen LogP contribution is -2.49. The molecule has 0 spiro atoms. The molecule has 158 valence electrons. The lowest BCUT2D eigenvalue weighted by molar-refractivity contribution is 0.0280. The second kappa shape index (κ2) is 8.13. The van der Waals surface area contributed by atoms with Crippen LogP contribution in [0.3, 0.4) is 0 Å². The van der Waals surface area contributed by atoms with Crippen LogP contribution in [-0.4, -0.2) is 71.1 Å². The fourth-order valence-corrected chi connectivity index (χ4v) is 4.70. The molecule has 0 unspecified atom stereocenters. The Balaban J connectivity index is 1.67. The number of ether oxygens (including phenoxy) is 2. The van der Waals surface area contributed by atoms with E-state index >= 15 is 0 Å². The summed E-state index contributed by atoms with van der Waals surface area (Å²) < 4.78 is 14.3. The summed E-state index contributed by atoms with van der Waals surface area (Å²) in [5, 5.41) is 0. The second-order valence-corrected chi connectivity index (χ2v) is 8.49. The molecule has 2 aromatic heterocycles. The third-order valence-corrected chi connectivity index (χ3v) is 6.65. The Kier molecular flexibility index (Phi) is 5.34. The number of benzene rings is 1. The Morgan fingerprint density at radius 1 is 1.00 bits per heavy atom. The molecule has 3 aromatic rings. The maximum atomic E-state index is 5.85. The van der Waals surface area contributed by atoms with Crippen LogP contribution in [0, 0.1) is 0 Å². The van der Waals surface area contributed by atoms with Crippen LogP contribution in [0.5, 0.6) is 0 Å². The molecule has 2 fully saturated rings. The molecule has 4 heterocycles. The zero-order chi connectivity index (χ0) is 20.7. The van der Waals surface area contributed by atoms with Crippen molar-refractivity contribution in [3.05, 3.63) is 35.1 Å². The Bertz CT molecular complexity index is 1050. The zero-order valence-electron chi connectivity index (χ0n) is 17.2. The van der Waals surface area contributed by atoms with Crippen molar-refractivity contribution in [3.8, 4) is 5.95 Å². The summed E-state index contributed by atoms with van der Waals surface area (Å²) in [5.74, 6) is 2.40. The molecule has 2 aliphatic rings. The zero-order valence-corrected chi connectivity index (χ0v) is 18.7. The smallest absolute Gasteiger partial charge is 0.239 e. The van der Waals surface area contributed by atoms with Gasteiger partial charge in [-0.3, -0.25) is 4.57 Å². The van der Waals surface area contributed by atoms with E-state index in [1.807, 2.05) is 28.8 Å². The minimum Gasteiger partial charge on any atom is -0.378 e. The first-order chi connectivity index (χ1) is 14.6. The van der Waals surface area contributed by atoms with E-state index in [4.69, 9.17) is 19.4 Å². The summed E-state index contributed by atoms with van der Waals surface area (Å²) in [6, 6.07) is 8.25. The molecule has 0 radical (unpaired) electrons. The number of hydrogen-bond donors (Lipinski definition) is 0. The van der Waals surface area contributed by atoms with Gasteiger partial charge in [-0.25, -0.2) is 4.98 Å². The fourth-order valence-electron chi connectivity index (χ4n) is 4.05. The van der Waals surface area contributed by atoms with E-state index in [-0.39, 0.29) is 12.1 Å². The molecule has 2 atom stereocenters. The standard InChI is InChI=1S/C21H25BrN6O2/c1-14-15(2)30-12-9-27(14)20-18(22)19(26-7-10-29-11-8-26)24-21(25-20)28-13-23-16-5-3-4-6-17(16)28/h3-6,13-15H,7-12H2,1-2H3/t14-,15-/m1/s1. The van der Waals surface area contributed by atoms with Gasteiger partial charge in [-0.1, -0.05) is 12.1 Å². The Labute approximate surface area is 184 Å². The Morgan fingerprint density at radius 3 is 2.60 bits per heavy atom. The molecule has 0 N–H and O–H groups in total. The summed E-state index contributed by atoms with van der Waals surface area (Å²) in [6.45, 7) is 8.74. The number of halogens is 1. The van der Waals surface area contributed by atoms with Gasteiger partial charge < -0.3 is 19.3 Å². The van der Waals surface area contributed by atoms with E-state index < -0.39 is 0 Å². The first-order valence-corrected chi connectivity index (χ1v) is 11.1. The topological polar surface area (TPSA) is 68.5 Å². The van der Waals surface area contributed by atoms with Crippen LogP contribution in [-0.2, 0) is 9.47 Å². The predicted octanol–water partition coefficient (Wildman–Crippen LogP) is 3.03. The van der Waals surface area contributed by atoms with Gasteiger partial charge in [-0.15, -0.1) is 0 Å². The van der Waals surface area contributed by atoms with E-state index in [9.17, 15) is 0 Å². The van der Waals surface area contributed by atoms with E-state index in [0.29, 0.717) is 25.8 Å². The largest absolute Gasteiger partial charge is 0.378 e. The number of imidazole rings is 1.